The first kappa shape index (κ1) is 24.0. The zero-order valence-electron chi connectivity index (χ0n) is 16.0. The van der Waals surface area contributed by atoms with Gasteiger partial charge in [-0.1, -0.05) is 24.3 Å². The second kappa shape index (κ2) is 9.71. The van der Waals surface area contributed by atoms with Crippen molar-refractivity contribution in [1.29, 1.82) is 0 Å². The zero-order chi connectivity index (χ0) is 23.2. The maximum absolute atomic E-state index is 13.6. The van der Waals surface area contributed by atoms with E-state index in [9.17, 15) is 26.0 Å². The molecule has 31 heavy (non-hydrogen) atoms. The summed E-state index contributed by atoms with van der Waals surface area (Å²) < 4.78 is 74.0. The molecule has 1 heterocycles. The molecule has 3 aromatic rings. The van der Waals surface area contributed by atoms with E-state index in [4.69, 9.17) is 9.90 Å². The van der Waals surface area contributed by atoms with Gasteiger partial charge in [0.25, 0.3) is 0 Å². The van der Waals surface area contributed by atoms with Gasteiger partial charge in [-0.2, -0.15) is 13.2 Å². The number of hydrogen-bond acceptors (Lipinski definition) is 4. The van der Waals surface area contributed by atoms with Gasteiger partial charge in [0.05, 0.1) is 0 Å². The molecular weight excluding hydrogens is 442 g/mol. The number of benzene rings is 2. The summed E-state index contributed by atoms with van der Waals surface area (Å²) >= 11 is 0. The van der Waals surface area contributed by atoms with Crippen molar-refractivity contribution < 1.29 is 35.9 Å². The molecular formula is C19H17F4N3O4S. The standard InChI is InChI=1S/C17H16FN3O2S.C2HF3O2/c1-13-19-10-11-21(13)15-8-6-14(7-9-15)12-20-24(22,23)17-5-3-2-4-16(17)18;3-2(4,5)1(6)7/h2-11,20H,12H2,1H3;(H,6,7). The first-order valence-corrected chi connectivity index (χ1v) is 10.0. The van der Waals surface area contributed by atoms with Crippen LogP contribution in [0.5, 0.6) is 0 Å². The van der Waals surface area contributed by atoms with Crippen molar-refractivity contribution >= 4 is 16.0 Å². The average Bonchev–Trinajstić information content (AvgIpc) is 3.13. The highest BCUT2D eigenvalue weighted by atomic mass is 32.2. The summed E-state index contributed by atoms with van der Waals surface area (Å²) in [5.74, 6) is -2.66. The lowest BCUT2D eigenvalue weighted by molar-refractivity contribution is -0.192. The van der Waals surface area contributed by atoms with E-state index < -0.39 is 28.0 Å². The van der Waals surface area contributed by atoms with Gasteiger partial charge in [0.1, 0.15) is 16.5 Å². The molecule has 2 N–H and O–H groups in total. The van der Waals surface area contributed by atoms with Crippen LogP contribution in [0.1, 0.15) is 11.4 Å². The summed E-state index contributed by atoms with van der Waals surface area (Å²) in [6.45, 7) is 1.98. The van der Waals surface area contributed by atoms with Crippen LogP contribution in [0.15, 0.2) is 65.8 Å². The minimum Gasteiger partial charge on any atom is -0.475 e. The normalized spacial score (nSPS) is 11.5. The largest absolute Gasteiger partial charge is 0.490 e. The van der Waals surface area contributed by atoms with Crippen LogP contribution in [0.3, 0.4) is 0 Å². The number of carbonyl (C=O) groups is 1. The van der Waals surface area contributed by atoms with Gasteiger partial charge in [-0.05, 0) is 36.8 Å². The number of sulfonamides is 1. The van der Waals surface area contributed by atoms with E-state index in [0.29, 0.717) is 0 Å². The van der Waals surface area contributed by atoms with Crippen molar-refractivity contribution in [1.82, 2.24) is 14.3 Å². The molecule has 0 spiro atoms. The van der Waals surface area contributed by atoms with E-state index in [1.54, 1.807) is 6.20 Å². The number of hydrogen-bond donors (Lipinski definition) is 2. The summed E-state index contributed by atoms with van der Waals surface area (Å²) in [5, 5.41) is 7.12. The number of nitrogens with one attached hydrogen (secondary N) is 1. The molecule has 1 aromatic heterocycles. The Hall–Kier alpha value is -3.25. The lowest BCUT2D eigenvalue weighted by Gasteiger charge is -2.09. The van der Waals surface area contributed by atoms with Crippen LogP contribution in [0.4, 0.5) is 17.6 Å². The zero-order valence-corrected chi connectivity index (χ0v) is 16.8. The van der Waals surface area contributed by atoms with Gasteiger partial charge in [-0.15, -0.1) is 0 Å². The monoisotopic (exact) mass is 459 g/mol. The second-order valence-electron chi connectivity index (χ2n) is 6.07. The summed E-state index contributed by atoms with van der Waals surface area (Å²) in [7, 11) is -3.89. The van der Waals surface area contributed by atoms with Gasteiger partial charge in [-0.3, -0.25) is 0 Å². The number of aliphatic carboxylic acids is 1. The molecule has 0 atom stereocenters. The molecule has 0 aliphatic rings. The lowest BCUT2D eigenvalue weighted by Crippen LogP contribution is -2.24. The van der Waals surface area contributed by atoms with Crippen molar-refractivity contribution in [2.24, 2.45) is 0 Å². The summed E-state index contributed by atoms with van der Waals surface area (Å²) in [6.07, 6.45) is -1.52. The number of nitrogens with zero attached hydrogens (tertiary/aromatic N) is 2. The van der Waals surface area contributed by atoms with Crippen LogP contribution < -0.4 is 4.72 Å². The molecule has 0 bridgehead atoms. The van der Waals surface area contributed by atoms with Crippen molar-refractivity contribution in [3.05, 3.63) is 78.1 Å². The highest BCUT2D eigenvalue weighted by Gasteiger charge is 2.38. The number of aryl methyl sites for hydroxylation is 1. The molecule has 166 valence electrons. The Balaban J connectivity index is 0.000000423. The van der Waals surface area contributed by atoms with Crippen molar-refractivity contribution in [3.63, 3.8) is 0 Å². The topological polar surface area (TPSA) is 101 Å². The van der Waals surface area contributed by atoms with Crippen LogP contribution in [0.2, 0.25) is 0 Å². The van der Waals surface area contributed by atoms with Crippen LogP contribution in [-0.4, -0.2) is 35.2 Å². The van der Waals surface area contributed by atoms with Gasteiger partial charge in [0.15, 0.2) is 0 Å². The number of rotatable bonds is 5. The molecule has 3 rings (SSSR count). The molecule has 0 saturated heterocycles. The fourth-order valence-corrected chi connectivity index (χ4v) is 3.44. The number of carboxylic acids is 1. The number of halogens is 4. The Morgan fingerprint density at radius 3 is 2.19 bits per heavy atom. The molecule has 7 nitrogen and oxygen atoms in total. The third kappa shape index (κ3) is 6.62. The molecule has 0 aliphatic carbocycles. The smallest absolute Gasteiger partial charge is 0.475 e. The van der Waals surface area contributed by atoms with Crippen LogP contribution in [0.25, 0.3) is 5.69 Å². The summed E-state index contributed by atoms with van der Waals surface area (Å²) in [4.78, 5) is 12.7. The Morgan fingerprint density at radius 2 is 1.71 bits per heavy atom. The molecule has 0 saturated carbocycles. The molecule has 0 aliphatic heterocycles. The molecule has 0 fully saturated rings. The fraction of sp³-hybridized carbons (Fsp3) is 0.158. The quantitative estimate of drug-likeness (QED) is 0.570. The Morgan fingerprint density at radius 1 is 1.13 bits per heavy atom. The predicted molar refractivity (Wildman–Crippen MR) is 102 cm³/mol. The predicted octanol–water partition coefficient (Wildman–Crippen LogP) is 3.43. The SMILES string of the molecule is Cc1nccn1-c1ccc(CNS(=O)(=O)c2ccccc2F)cc1.O=C(O)C(F)(F)F. The first-order valence-electron chi connectivity index (χ1n) is 8.55. The van der Waals surface area contributed by atoms with Crippen LogP contribution in [-0.2, 0) is 21.4 Å². The highest BCUT2D eigenvalue weighted by molar-refractivity contribution is 7.89. The summed E-state index contributed by atoms with van der Waals surface area (Å²) in [5.41, 5.74) is 1.71. The average molecular weight is 459 g/mol. The van der Waals surface area contributed by atoms with Crippen molar-refractivity contribution in [3.8, 4) is 5.69 Å². The van der Waals surface area contributed by atoms with E-state index in [-0.39, 0.29) is 11.4 Å². The molecule has 12 heteroatoms. The minimum atomic E-state index is -5.08. The minimum absolute atomic E-state index is 0.0832. The van der Waals surface area contributed by atoms with Gasteiger partial charge in [0, 0.05) is 24.6 Å². The maximum atomic E-state index is 13.6. The maximum Gasteiger partial charge on any atom is 0.490 e. The number of imidazole rings is 1. The van der Waals surface area contributed by atoms with E-state index in [1.165, 1.54) is 18.2 Å². The van der Waals surface area contributed by atoms with Gasteiger partial charge in [0.2, 0.25) is 10.0 Å². The van der Waals surface area contributed by atoms with E-state index in [0.717, 1.165) is 23.1 Å². The summed E-state index contributed by atoms with van der Waals surface area (Å²) in [6, 6.07) is 12.7. The van der Waals surface area contributed by atoms with E-state index in [1.807, 2.05) is 42.0 Å². The first-order chi connectivity index (χ1) is 14.4. The molecule has 0 unspecified atom stereocenters. The van der Waals surface area contributed by atoms with Gasteiger partial charge >= 0.3 is 12.1 Å². The third-order valence-electron chi connectivity index (χ3n) is 3.88. The number of aromatic nitrogens is 2. The number of carboxylic acid groups (broad SMARTS) is 1. The number of alkyl halides is 3. The Bertz CT molecular complexity index is 1140. The third-order valence-corrected chi connectivity index (χ3v) is 5.31. The molecule has 0 radical (unpaired) electrons. The van der Waals surface area contributed by atoms with Gasteiger partial charge in [-0.25, -0.2) is 27.3 Å². The molecule has 2 aromatic carbocycles. The Labute approximate surface area is 175 Å². The second-order valence-corrected chi connectivity index (χ2v) is 7.80. The lowest BCUT2D eigenvalue weighted by atomic mass is 10.2. The van der Waals surface area contributed by atoms with E-state index >= 15 is 0 Å². The Kier molecular flexibility index (Phi) is 7.52. The van der Waals surface area contributed by atoms with Crippen molar-refractivity contribution in [2.75, 3.05) is 0 Å². The van der Waals surface area contributed by atoms with Crippen LogP contribution >= 0.6 is 0 Å². The fourth-order valence-electron chi connectivity index (χ4n) is 2.34. The molecule has 0 amide bonds. The van der Waals surface area contributed by atoms with Crippen LogP contribution in [0, 0.1) is 12.7 Å². The van der Waals surface area contributed by atoms with Crippen molar-refractivity contribution in [2.45, 2.75) is 24.5 Å². The highest BCUT2D eigenvalue weighted by Crippen LogP contribution is 2.15. The van der Waals surface area contributed by atoms with Gasteiger partial charge < -0.3 is 9.67 Å². The van der Waals surface area contributed by atoms with E-state index in [2.05, 4.69) is 9.71 Å².